The number of anilines is 1. The Bertz CT molecular complexity index is 940. The predicted molar refractivity (Wildman–Crippen MR) is 116 cm³/mol. The number of hydrogen-bond acceptors (Lipinski definition) is 5. The summed E-state index contributed by atoms with van der Waals surface area (Å²) < 4.78 is 5.81. The molecule has 1 fully saturated rings. The van der Waals surface area contributed by atoms with Crippen molar-refractivity contribution in [1.29, 1.82) is 0 Å². The van der Waals surface area contributed by atoms with Gasteiger partial charge in [0.25, 0.3) is 0 Å². The minimum absolute atomic E-state index is 0.440. The van der Waals surface area contributed by atoms with E-state index in [0.717, 1.165) is 49.0 Å². The fraction of sp³-hybridized carbons (Fsp3) is 0.364. The topological polar surface area (TPSA) is 57.3 Å². The molecule has 6 nitrogen and oxygen atoms in total. The van der Waals surface area contributed by atoms with Crippen molar-refractivity contribution >= 4 is 17.4 Å². The van der Waals surface area contributed by atoms with E-state index in [1.54, 1.807) is 0 Å². The summed E-state index contributed by atoms with van der Waals surface area (Å²) in [7, 11) is 4.08. The molecule has 0 aliphatic carbocycles. The SMILES string of the molecule is CN(C)c1ncccc1CN1CC[C@H](c2cc(COc3ccc(Cl)cc3)[nH]n2)C1. The fourth-order valence-corrected chi connectivity index (χ4v) is 3.90. The summed E-state index contributed by atoms with van der Waals surface area (Å²) in [5.41, 5.74) is 3.36. The molecule has 3 heterocycles. The Morgan fingerprint density at radius 2 is 2.07 bits per heavy atom. The van der Waals surface area contributed by atoms with Crippen LogP contribution in [-0.4, -0.2) is 47.3 Å². The van der Waals surface area contributed by atoms with Gasteiger partial charge in [-0.2, -0.15) is 5.10 Å². The third-order valence-corrected chi connectivity index (χ3v) is 5.49. The summed E-state index contributed by atoms with van der Waals surface area (Å²) in [6.07, 6.45) is 2.96. The van der Waals surface area contributed by atoms with Gasteiger partial charge in [-0.1, -0.05) is 17.7 Å². The lowest BCUT2D eigenvalue weighted by Gasteiger charge is -2.20. The zero-order valence-corrected chi connectivity index (χ0v) is 17.6. The smallest absolute Gasteiger partial charge is 0.132 e. The molecule has 0 amide bonds. The van der Waals surface area contributed by atoms with Crippen LogP contribution in [-0.2, 0) is 13.2 Å². The first-order valence-corrected chi connectivity index (χ1v) is 10.2. The number of H-pyrrole nitrogens is 1. The Kier molecular flexibility index (Phi) is 6.02. The first-order valence-electron chi connectivity index (χ1n) is 9.84. The standard InChI is InChI=1S/C22H26ClN5O/c1-27(2)22-17(4-3-10-24-22)14-28-11-9-16(13-28)21-12-19(25-26-21)15-29-20-7-5-18(23)6-8-20/h3-8,10,12,16H,9,11,13-15H2,1-2H3,(H,25,26)/t16-/m0/s1. The number of benzene rings is 1. The van der Waals surface area contributed by atoms with Gasteiger partial charge in [0, 0.05) is 49.9 Å². The fourth-order valence-electron chi connectivity index (χ4n) is 3.77. The van der Waals surface area contributed by atoms with Gasteiger partial charge in [-0.25, -0.2) is 4.98 Å². The predicted octanol–water partition coefficient (Wildman–Crippen LogP) is 4.09. The number of likely N-dealkylation sites (tertiary alicyclic amines) is 1. The third kappa shape index (κ3) is 4.89. The van der Waals surface area contributed by atoms with Crippen molar-refractivity contribution in [1.82, 2.24) is 20.1 Å². The second kappa shape index (κ2) is 8.84. The number of nitrogens with one attached hydrogen (secondary N) is 1. The lowest BCUT2D eigenvalue weighted by atomic mass is 10.1. The lowest BCUT2D eigenvalue weighted by molar-refractivity contribution is 0.301. The molecule has 152 valence electrons. The van der Waals surface area contributed by atoms with Crippen LogP contribution in [0.2, 0.25) is 5.02 Å². The van der Waals surface area contributed by atoms with Crippen molar-refractivity contribution in [3.05, 3.63) is 70.6 Å². The van der Waals surface area contributed by atoms with Gasteiger partial charge in [0.15, 0.2) is 0 Å². The average molecular weight is 412 g/mol. The van der Waals surface area contributed by atoms with E-state index in [9.17, 15) is 0 Å². The molecule has 1 aliphatic heterocycles. The Balaban J connectivity index is 1.33. The Morgan fingerprint density at radius 3 is 2.86 bits per heavy atom. The first-order chi connectivity index (χ1) is 14.1. The van der Waals surface area contributed by atoms with Gasteiger partial charge in [-0.3, -0.25) is 10.00 Å². The number of hydrogen-bond donors (Lipinski definition) is 1. The number of nitrogens with zero attached hydrogens (tertiary/aromatic N) is 4. The summed E-state index contributed by atoms with van der Waals surface area (Å²) in [5, 5.41) is 8.36. The molecule has 1 aromatic carbocycles. The first kappa shape index (κ1) is 19.7. The van der Waals surface area contributed by atoms with Gasteiger partial charge in [0.05, 0.1) is 11.4 Å². The molecule has 7 heteroatoms. The van der Waals surface area contributed by atoms with Crippen LogP contribution in [0.4, 0.5) is 5.82 Å². The summed E-state index contributed by atoms with van der Waals surface area (Å²) in [5.74, 6) is 2.28. The zero-order valence-electron chi connectivity index (χ0n) is 16.8. The van der Waals surface area contributed by atoms with Crippen molar-refractivity contribution in [3.8, 4) is 5.75 Å². The minimum atomic E-state index is 0.440. The molecular formula is C22H26ClN5O. The van der Waals surface area contributed by atoms with Gasteiger partial charge in [0.1, 0.15) is 18.2 Å². The van der Waals surface area contributed by atoms with E-state index in [1.165, 1.54) is 5.56 Å². The molecule has 0 radical (unpaired) electrons. The highest BCUT2D eigenvalue weighted by atomic mass is 35.5. The van der Waals surface area contributed by atoms with E-state index in [4.69, 9.17) is 16.3 Å². The maximum absolute atomic E-state index is 5.91. The van der Waals surface area contributed by atoms with Crippen molar-refractivity contribution < 1.29 is 4.74 Å². The maximum Gasteiger partial charge on any atom is 0.132 e. The van der Waals surface area contributed by atoms with E-state index < -0.39 is 0 Å². The molecule has 1 atom stereocenters. The van der Waals surface area contributed by atoms with Crippen LogP contribution >= 0.6 is 11.6 Å². The molecule has 0 bridgehead atoms. The summed E-state index contributed by atoms with van der Waals surface area (Å²) in [6.45, 7) is 3.45. The summed E-state index contributed by atoms with van der Waals surface area (Å²) >= 11 is 5.91. The van der Waals surface area contributed by atoms with Crippen LogP contribution in [0.25, 0.3) is 0 Å². The highest BCUT2D eigenvalue weighted by molar-refractivity contribution is 6.30. The lowest BCUT2D eigenvalue weighted by Crippen LogP contribution is -2.22. The molecule has 3 aromatic rings. The molecule has 2 aromatic heterocycles. The summed E-state index contributed by atoms with van der Waals surface area (Å²) in [6, 6.07) is 13.7. The largest absolute Gasteiger partial charge is 0.487 e. The van der Waals surface area contributed by atoms with E-state index in [0.29, 0.717) is 17.5 Å². The number of aromatic amines is 1. The number of ether oxygens (including phenoxy) is 1. The average Bonchev–Trinajstić information content (AvgIpc) is 3.37. The normalized spacial score (nSPS) is 16.9. The number of rotatable bonds is 7. The zero-order chi connectivity index (χ0) is 20.2. The molecule has 1 N–H and O–H groups in total. The van der Waals surface area contributed by atoms with Crippen LogP contribution < -0.4 is 9.64 Å². The van der Waals surface area contributed by atoms with E-state index in [1.807, 2.05) is 50.6 Å². The summed E-state index contributed by atoms with van der Waals surface area (Å²) in [4.78, 5) is 9.06. The quantitative estimate of drug-likeness (QED) is 0.634. The van der Waals surface area contributed by atoms with Crippen molar-refractivity contribution in [2.45, 2.75) is 25.5 Å². The van der Waals surface area contributed by atoms with Gasteiger partial charge in [-0.05, 0) is 49.4 Å². The van der Waals surface area contributed by atoms with Crippen molar-refractivity contribution in [2.75, 3.05) is 32.1 Å². The van der Waals surface area contributed by atoms with Crippen LogP contribution in [0, 0.1) is 0 Å². The van der Waals surface area contributed by atoms with Crippen LogP contribution in [0.5, 0.6) is 5.75 Å². The Labute approximate surface area is 176 Å². The second-order valence-electron chi connectivity index (χ2n) is 7.66. The third-order valence-electron chi connectivity index (χ3n) is 5.23. The van der Waals surface area contributed by atoms with Gasteiger partial charge in [0.2, 0.25) is 0 Å². The van der Waals surface area contributed by atoms with E-state index in [-0.39, 0.29) is 0 Å². The van der Waals surface area contributed by atoms with E-state index >= 15 is 0 Å². The van der Waals surface area contributed by atoms with Crippen molar-refractivity contribution in [2.24, 2.45) is 0 Å². The highest BCUT2D eigenvalue weighted by Gasteiger charge is 2.26. The van der Waals surface area contributed by atoms with Crippen LogP contribution in [0.15, 0.2) is 48.7 Å². The minimum Gasteiger partial charge on any atom is -0.487 e. The molecule has 1 aliphatic rings. The van der Waals surface area contributed by atoms with Gasteiger partial charge >= 0.3 is 0 Å². The maximum atomic E-state index is 5.91. The Hall–Kier alpha value is -2.57. The van der Waals surface area contributed by atoms with Gasteiger partial charge < -0.3 is 9.64 Å². The van der Waals surface area contributed by atoms with Crippen molar-refractivity contribution in [3.63, 3.8) is 0 Å². The van der Waals surface area contributed by atoms with Crippen LogP contribution in [0.1, 0.15) is 29.3 Å². The molecule has 1 saturated heterocycles. The molecular weight excluding hydrogens is 386 g/mol. The number of pyridine rings is 1. The Morgan fingerprint density at radius 1 is 1.24 bits per heavy atom. The molecule has 0 spiro atoms. The monoisotopic (exact) mass is 411 g/mol. The molecule has 0 unspecified atom stereocenters. The number of aromatic nitrogens is 3. The van der Waals surface area contributed by atoms with E-state index in [2.05, 4.69) is 37.1 Å². The second-order valence-corrected chi connectivity index (χ2v) is 8.10. The molecule has 4 rings (SSSR count). The molecule has 29 heavy (non-hydrogen) atoms. The highest BCUT2D eigenvalue weighted by Crippen LogP contribution is 2.29. The van der Waals surface area contributed by atoms with Crippen LogP contribution in [0.3, 0.4) is 0 Å². The molecule has 0 saturated carbocycles. The van der Waals surface area contributed by atoms with Gasteiger partial charge in [-0.15, -0.1) is 0 Å². The number of halogens is 1.